The van der Waals surface area contributed by atoms with E-state index in [1.54, 1.807) is 0 Å². The van der Waals surface area contributed by atoms with Gasteiger partial charge in [-0.05, 0) is 18.1 Å². The van der Waals surface area contributed by atoms with Gasteiger partial charge in [-0.3, -0.25) is 0 Å². The molecule has 1 aromatic rings. The summed E-state index contributed by atoms with van der Waals surface area (Å²) in [7, 11) is 0. The van der Waals surface area contributed by atoms with Crippen molar-refractivity contribution in [3.8, 4) is 0 Å². The highest BCUT2D eigenvalue weighted by Gasteiger charge is 2.28. The fourth-order valence-corrected chi connectivity index (χ4v) is 2.84. The molecule has 0 saturated carbocycles. The Bertz CT molecular complexity index is 367. The lowest BCUT2D eigenvalue weighted by Crippen LogP contribution is -2.26. The second-order valence-corrected chi connectivity index (χ2v) is 4.62. The van der Waals surface area contributed by atoms with Gasteiger partial charge in [-0.2, -0.15) is 0 Å². The van der Waals surface area contributed by atoms with E-state index >= 15 is 0 Å². The third-order valence-corrected chi connectivity index (χ3v) is 3.93. The van der Waals surface area contributed by atoms with E-state index in [1.807, 2.05) is 6.92 Å². The van der Waals surface area contributed by atoms with Crippen LogP contribution in [0.3, 0.4) is 0 Å². The molecule has 76 valence electrons. The molecule has 1 aromatic carbocycles. The Hall–Kier alpha value is -0.610. The summed E-state index contributed by atoms with van der Waals surface area (Å²) < 4.78 is 26.7. The molecule has 0 radical (unpaired) electrons. The number of halogens is 2. The van der Waals surface area contributed by atoms with E-state index in [2.05, 4.69) is 0 Å². The Kier molecular flexibility index (Phi) is 2.49. The van der Waals surface area contributed by atoms with Gasteiger partial charge in [0.15, 0.2) is 0 Å². The van der Waals surface area contributed by atoms with Gasteiger partial charge >= 0.3 is 0 Å². The van der Waals surface area contributed by atoms with E-state index in [1.165, 1.54) is 11.8 Å². The minimum absolute atomic E-state index is 0.184. The fourth-order valence-electron chi connectivity index (χ4n) is 1.61. The van der Waals surface area contributed by atoms with E-state index in [9.17, 15) is 8.78 Å². The number of hydrogen-bond acceptors (Lipinski definition) is 2. The second-order valence-electron chi connectivity index (χ2n) is 3.59. The molecule has 0 bridgehead atoms. The van der Waals surface area contributed by atoms with E-state index < -0.39 is 5.82 Å². The topological polar surface area (TPSA) is 26.0 Å². The molecule has 0 amide bonds. The van der Waals surface area contributed by atoms with Gasteiger partial charge in [0.05, 0.1) is 4.90 Å². The molecule has 2 rings (SSSR count). The highest BCUT2D eigenvalue weighted by Crippen LogP contribution is 2.40. The molecule has 1 aliphatic heterocycles. The fraction of sp³-hybridized carbons (Fsp3) is 0.400. The second kappa shape index (κ2) is 3.51. The van der Waals surface area contributed by atoms with Crippen molar-refractivity contribution in [3.63, 3.8) is 0 Å². The molecule has 1 aliphatic rings. The van der Waals surface area contributed by atoms with Crippen molar-refractivity contribution < 1.29 is 8.78 Å². The van der Waals surface area contributed by atoms with Crippen LogP contribution in [-0.4, -0.2) is 5.75 Å². The Balaban J connectivity index is 2.58. The van der Waals surface area contributed by atoms with Crippen molar-refractivity contribution in [1.82, 2.24) is 0 Å². The van der Waals surface area contributed by atoms with Gasteiger partial charge in [0.2, 0.25) is 0 Å². The quantitative estimate of drug-likeness (QED) is 0.720. The Labute approximate surface area is 85.7 Å². The first-order valence-electron chi connectivity index (χ1n) is 4.47. The third-order valence-electron chi connectivity index (χ3n) is 2.53. The largest absolute Gasteiger partial charge is 0.324 e. The van der Waals surface area contributed by atoms with Crippen LogP contribution in [0.15, 0.2) is 17.0 Å². The summed E-state index contributed by atoms with van der Waals surface area (Å²) in [5.74, 6) is 0.166. The molecule has 0 fully saturated rings. The molecular weight excluding hydrogens is 204 g/mol. The number of thioether (sulfide) groups is 1. The van der Waals surface area contributed by atoms with Gasteiger partial charge in [-0.1, -0.05) is 6.92 Å². The molecule has 2 atom stereocenters. The van der Waals surface area contributed by atoms with Crippen molar-refractivity contribution in [2.45, 2.75) is 17.9 Å². The lowest BCUT2D eigenvalue weighted by molar-refractivity contribution is 0.460. The SMILES string of the molecule is CC1CSc2c(F)ccc(F)c2C1N. The smallest absolute Gasteiger partial charge is 0.137 e. The molecule has 4 heteroatoms. The summed E-state index contributed by atoms with van der Waals surface area (Å²) in [5, 5.41) is 0. The highest BCUT2D eigenvalue weighted by atomic mass is 32.2. The maximum absolute atomic E-state index is 13.4. The van der Waals surface area contributed by atoms with Crippen molar-refractivity contribution in [2.75, 3.05) is 5.75 Å². The molecule has 0 spiro atoms. The summed E-state index contributed by atoms with van der Waals surface area (Å²) in [4.78, 5) is 0.385. The maximum atomic E-state index is 13.4. The standard InChI is InChI=1S/C10H11F2NS/c1-5-4-14-10-7(12)3-2-6(11)8(10)9(5)13/h2-3,5,9H,4,13H2,1H3. The van der Waals surface area contributed by atoms with Gasteiger partial charge < -0.3 is 5.73 Å². The number of rotatable bonds is 0. The van der Waals surface area contributed by atoms with E-state index in [-0.39, 0.29) is 17.8 Å². The lowest BCUT2D eigenvalue weighted by atomic mass is 9.95. The molecule has 2 N–H and O–H groups in total. The van der Waals surface area contributed by atoms with Gasteiger partial charge in [0, 0.05) is 17.4 Å². The van der Waals surface area contributed by atoms with Crippen LogP contribution < -0.4 is 5.73 Å². The number of benzene rings is 1. The average Bonchev–Trinajstić information content (AvgIpc) is 2.16. The van der Waals surface area contributed by atoms with Crippen molar-refractivity contribution in [1.29, 1.82) is 0 Å². The first kappa shape index (κ1) is 9.93. The Morgan fingerprint density at radius 3 is 2.71 bits per heavy atom. The summed E-state index contributed by atoms with van der Waals surface area (Å²) in [5.41, 5.74) is 6.18. The van der Waals surface area contributed by atoms with Crippen LogP contribution in [0.5, 0.6) is 0 Å². The minimum Gasteiger partial charge on any atom is -0.324 e. The number of nitrogens with two attached hydrogens (primary N) is 1. The van der Waals surface area contributed by atoms with Crippen LogP contribution in [0, 0.1) is 17.6 Å². The first-order valence-corrected chi connectivity index (χ1v) is 5.46. The van der Waals surface area contributed by atoms with E-state index in [4.69, 9.17) is 5.73 Å². The molecule has 0 aliphatic carbocycles. The normalized spacial score (nSPS) is 26.0. The molecule has 1 nitrogen and oxygen atoms in total. The Morgan fingerprint density at radius 2 is 2.00 bits per heavy atom. The summed E-state index contributed by atoms with van der Waals surface area (Å²) in [6.45, 7) is 1.95. The molecule has 14 heavy (non-hydrogen) atoms. The number of fused-ring (bicyclic) bond motifs is 1. The zero-order valence-corrected chi connectivity index (χ0v) is 8.57. The minimum atomic E-state index is -0.395. The zero-order valence-electron chi connectivity index (χ0n) is 7.76. The predicted molar refractivity (Wildman–Crippen MR) is 53.2 cm³/mol. The van der Waals surface area contributed by atoms with Crippen LogP contribution in [0.2, 0.25) is 0 Å². The van der Waals surface area contributed by atoms with E-state index in [0.29, 0.717) is 10.5 Å². The molecule has 1 heterocycles. The van der Waals surface area contributed by atoms with Crippen LogP contribution in [0.25, 0.3) is 0 Å². The highest BCUT2D eigenvalue weighted by molar-refractivity contribution is 7.99. The van der Waals surface area contributed by atoms with Crippen molar-refractivity contribution in [3.05, 3.63) is 29.3 Å². The summed E-state index contributed by atoms with van der Waals surface area (Å²) >= 11 is 1.35. The van der Waals surface area contributed by atoms with E-state index in [0.717, 1.165) is 17.9 Å². The van der Waals surface area contributed by atoms with Gasteiger partial charge in [0.25, 0.3) is 0 Å². The van der Waals surface area contributed by atoms with Crippen LogP contribution in [0.1, 0.15) is 18.5 Å². The monoisotopic (exact) mass is 215 g/mol. The maximum Gasteiger partial charge on any atom is 0.137 e. The van der Waals surface area contributed by atoms with Crippen LogP contribution >= 0.6 is 11.8 Å². The van der Waals surface area contributed by atoms with Gasteiger partial charge in [-0.25, -0.2) is 8.78 Å². The lowest BCUT2D eigenvalue weighted by Gasteiger charge is -2.28. The van der Waals surface area contributed by atoms with Gasteiger partial charge in [0.1, 0.15) is 11.6 Å². The third kappa shape index (κ3) is 1.42. The zero-order chi connectivity index (χ0) is 10.3. The van der Waals surface area contributed by atoms with Crippen LogP contribution in [-0.2, 0) is 0 Å². The van der Waals surface area contributed by atoms with Crippen molar-refractivity contribution in [2.24, 2.45) is 11.7 Å². The molecular formula is C10H11F2NS. The average molecular weight is 215 g/mol. The predicted octanol–water partition coefficient (Wildman–Crippen LogP) is 2.71. The molecule has 0 aromatic heterocycles. The number of hydrogen-bond donors (Lipinski definition) is 1. The molecule has 2 unspecified atom stereocenters. The first-order chi connectivity index (χ1) is 6.61. The Morgan fingerprint density at radius 1 is 1.36 bits per heavy atom. The summed E-state index contributed by atoms with van der Waals surface area (Å²) in [6, 6.07) is 1.91. The van der Waals surface area contributed by atoms with Crippen molar-refractivity contribution >= 4 is 11.8 Å². The molecule has 0 saturated heterocycles. The van der Waals surface area contributed by atoms with Gasteiger partial charge in [-0.15, -0.1) is 11.8 Å². The summed E-state index contributed by atoms with van der Waals surface area (Å²) in [6.07, 6.45) is 0. The van der Waals surface area contributed by atoms with Crippen LogP contribution in [0.4, 0.5) is 8.78 Å².